The van der Waals surface area contributed by atoms with Gasteiger partial charge in [0.2, 0.25) is 0 Å². The van der Waals surface area contributed by atoms with E-state index in [1.54, 1.807) is 43.3 Å². The van der Waals surface area contributed by atoms with E-state index in [0.717, 1.165) is 0 Å². The van der Waals surface area contributed by atoms with Crippen LogP contribution in [0.4, 0.5) is 0 Å². The number of hydrogen-bond acceptors (Lipinski definition) is 6. The molecule has 0 unspecified atom stereocenters. The van der Waals surface area contributed by atoms with E-state index in [4.69, 9.17) is 9.15 Å². The highest BCUT2D eigenvalue weighted by atomic mass is 16.5. The van der Waals surface area contributed by atoms with Crippen LogP contribution in [-0.4, -0.2) is 29.0 Å². The van der Waals surface area contributed by atoms with Crippen LogP contribution in [0.1, 0.15) is 31.1 Å². The molecule has 0 radical (unpaired) electrons. The molecule has 0 fully saturated rings. The van der Waals surface area contributed by atoms with E-state index >= 15 is 0 Å². The van der Waals surface area contributed by atoms with Crippen LogP contribution >= 0.6 is 0 Å². The summed E-state index contributed by atoms with van der Waals surface area (Å²) in [7, 11) is 0. The van der Waals surface area contributed by atoms with Crippen molar-refractivity contribution in [2.45, 2.75) is 26.3 Å². The molecule has 2 aromatic heterocycles. The van der Waals surface area contributed by atoms with Crippen LogP contribution in [0.5, 0.6) is 0 Å². The average molecular weight is 391 g/mol. The van der Waals surface area contributed by atoms with Crippen LogP contribution in [0, 0.1) is 17.2 Å². The van der Waals surface area contributed by atoms with Gasteiger partial charge in [0.1, 0.15) is 11.2 Å². The number of ether oxygens (including phenoxy) is 1. The summed E-state index contributed by atoms with van der Waals surface area (Å²) in [6.45, 7) is 4.79. The minimum absolute atomic E-state index is 0.104. The number of hydrogen-bond donors (Lipinski definition) is 1. The molecular formula is C22H21N3O4. The highest BCUT2D eigenvalue weighted by Crippen LogP contribution is 2.25. The van der Waals surface area contributed by atoms with Gasteiger partial charge >= 0.3 is 5.97 Å². The summed E-state index contributed by atoms with van der Waals surface area (Å²) in [5, 5.41) is 12.5. The van der Waals surface area contributed by atoms with Crippen molar-refractivity contribution >= 4 is 22.8 Å². The smallest absolute Gasteiger partial charge is 0.339 e. The summed E-state index contributed by atoms with van der Waals surface area (Å²) < 4.78 is 10.6. The van der Waals surface area contributed by atoms with Crippen molar-refractivity contribution in [2.75, 3.05) is 6.61 Å². The lowest BCUT2D eigenvalue weighted by Gasteiger charge is -2.27. The fourth-order valence-electron chi connectivity index (χ4n) is 2.73. The van der Waals surface area contributed by atoms with Crippen LogP contribution in [0.15, 0.2) is 53.1 Å². The van der Waals surface area contributed by atoms with Crippen molar-refractivity contribution in [1.29, 1.82) is 5.26 Å². The minimum Gasteiger partial charge on any atom is -0.463 e. The fraction of sp³-hybridized carbons (Fsp3) is 0.273. The summed E-state index contributed by atoms with van der Waals surface area (Å²) in [6.07, 6.45) is 1.52. The SMILES string of the molecule is CC(C)[C@](C)(C#N)NC(=O)COC(=O)c1cc(-c2ccco2)nc2ccccc12. The monoisotopic (exact) mass is 391 g/mol. The predicted octanol–water partition coefficient (Wildman–Crippen LogP) is 3.71. The summed E-state index contributed by atoms with van der Waals surface area (Å²) in [5.41, 5.74) is 0.331. The topological polar surface area (TPSA) is 105 Å². The van der Waals surface area contributed by atoms with E-state index in [9.17, 15) is 14.9 Å². The molecule has 0 aliphatic rings. The Balaban J connectivity index is 1.82. The van der Waals surface area contributed by atoms with Gasteiger partial charge in [0.15, 0.2) is 12.4 Å². The molecule has 0 aliphatic carbocycles. The molecule has 1 N–H and O–H groups in total. The van der Waals surface area contributed by atoms with Crippen LogP contribution in [0.3, 0.4) is 0 Å². The number of furan rings is 1. The third kappa shape index (κ3) is 4.27. The maximum Gasteiger partial charge on any atom is 0.339 e. The highest BCUT2D eigenvalue weighted by molar-refractivity contribution is 6.05. The number of nitriles is 1. The Labute approximate surface area is 168 Å². The molecule has 2 heterocycles. The molecule has 0 saturated carbocycles. The van der Waals surface area contributed by atoms with E-state index in [1.165, 1.54) is 6.26 Å². The molecule has 0 spiro atoms. The molecule has 7 heteroatoms. The molecule has 0 saturated heterocycles. The first-order valence-electron chi connectivity index (χ1n) is 9.17. The normalized spacial score (nSPS) is 12.9. The van der Waals surface area contributed by atoms with E-state index in [1.807, 2.05) is 19.9 Å². The molecule has 3 rings (SSSR count). The number of carbonyl (C=O) groups excluding carboxylic acids is 2. The molecule has 1 aromatic carbocycles. The maximum atomic E-state index is 12.7. The van der Waals surface area contributed by atoms with Gasteiger partial charge in [-0.05, 0) is 37.1 Å². The Bertz CT molecular complexity index is 1080. The standard InChI is InChI=1S/C22H21N3O4/c1-14(2)22(3,13-23)25-20(26)12-29-21(27)16-11-18(19-9-6-10-28-19)24-17-8-5-4-7-15(16)17/h4-11,14H,12H2,1-3H3,(H,25,26)/t22-/m0/s1. The van der Waals surface area contributed by atoms with Crippen LogP contribution in [-0.2, 0) is 9.53 Å². The molecule has 3 aromatic rings. The van der Waals surface area contributed by atoms with Crippen molar-refractivity contribution in [3.8, 4) is 17.5 Å². The van der Waals surface area contributed by atoms with E-state index in [-0.39, 0.29) is 11.5 Å². The maximum absolute atomic E-state index is 12.7. The van der Waals surface area contributed by atoms with Crippen molar-refractivity contribution < 1.29 is 18.7 Å². The van der Waals surface area contributed by atoms with E-state index in [2.05, 4.69) is 16.4 Å². The van der Waals surface area contributed by atoms with E-state index < -0.39 is 24.0 Å². The summed E-state index contributed by atoms with van der Waals surface area (Å²) in [6, 6.07) is 14.3. The van der Waals surface area contributed by atoms with Crippen LogP contribution in [0.25, 0.3) is 22.4 Å². The summed E-state index contributed by atoms with van der Waals surface area (Å²) >= 11 is 0. The number of carbonyl (C=O) groups is 2. The Hall–Kier alpha value is -3.66. The molecular weight excluding hydrogens is 370 g/mol. The molecule has 0 bridgehead atoms. The quantitative estimate of drug-likeness (QED) is 0.642. The Morgan fingerprint density at radius 2 is 2.03 bits per heavy atom. The lowest BCUT2D eigenvalue weighted by Crippen LogP contribution is -2.50. The second-order valence-corrected chi connectivity index (χ2v) is 7.14. The van der Waals surface area contributed by atoms with Gasteiger partial charge in [-0.1, -0.05) is 32.0 Å². The first-order chi connectivity index (χ1) is 13.8. The molecule has 1 amide bonds. The molecule has 0 aliphatic heterocycles. The first-order valence-corrected chi connectivity index (χ1v) is 9.17. The fourth-order valence-corrected chi connectivity index (χ4v) is 2.73. The minimum atomic E-state index is -1.04. The lowest BCUT2D eigenvalue weighted by atomic mass is 9.90. The third-order valence-corrected chi connectivity index (χ3v) is 4.83. The number of fused-ring (bicyclic) bond motifs is 1. The van der Waals surface area contributed by atoms with Crippen molar-refractivity contribution in [3.63, 3.8) is 0 Å². The number of aromatic nitrogens is 1. The number of rotatable bonds is 6. The first kappa shape index (κ1) is 20.1. The zero-order chi connectivity index (χ0) is 21.0. The predicted molar refractivity (Wildman–Crippen MR) is 107 cm³/mol. The van der Waals surface area contributed by atoms with Gasteiger partial charge in [0, 0.05) is 5.39 Å². The van der Waals surface area contributed by atoms with Gasteiger partial charge in [0.05, 0.1) is 23.4 Å². The number of amides is 1. The zero-order valence-corrected chi connectivity index (χ0v) is 16.4. The number of nitrogens with one attached hydrogen (secondary N) is 1. The van der Waals surface area contributed by atoms with Crippen LogP contribution in [0.2, 0.25) is 0 Å². The Morgan fingerprint density at radius 3 is 2.69 bits per heavy atom. The molecule has 148 valence electrons. The number of esters is 1. The number of nitrogens with zero attached hydrogens (tertiary/aromatic N) is 2. The number of benzene rings is 1. The van der Waals surface area contributed by atoms with Crippen molar-refractivity contribution in [1.82, 2.24) is 10.3 Å². The van der Waals surface area contributed by atoms with Crippen molar-refractivity contribution in [3.05, 3.63) is 54.3 Å². The zero-order valence-electron chi connectivity index (χ0n) is 16.4. The third-order valence-electron chi connectivity index (χ3n) is 4.83. The number of pyridine rings is 1. The Kier molecular flexibility index (Phi) is 5.64. The average Bonchev–Trinajstić information content (AvgIpc) is 3.25. The molecule has 1 atom stereocenters. The lowest BCUT2D eigenvalue weighted by molar-refractivity contribution is -0.125. The van der Waals surface area contributed by atoms with Gasteiger partial charge in [-0.25, -0.2) is 9.78 Å². The van der Waals surface area contributed by atoms with Gasteiger partial charge in [-0.2, -0.15) is 5.26 Å². The summed E-state index contributed by atoms with van der Waals surface area (Å²) in [5.74, 6) is -0.785. The van der Waals surface area contributed by atoms with Gasteiger partial charge in [-0.15, -0.1) is 0 Å². The molecule has 29 heavy (non-hydrogen) atoms. The van der Waals surface area contributed by atoms with Gasteiger partial charge in [0.25, 0.3) is 5.91 Å². The summed E-state index contributed by atoms with van der Waals surface area (Å²) in [4.78, 5) is 29.5. The highest BCUT2D eigenvalue weighted by Gasteiger charge is 2.30. The van der Waals surface area contributed by atoms with Crippen LogP contribution < -0.4 is 5.32 Å². The second-order valence-electron chi connectivity index (χ2n) is 7.14. The van der Waals surface area contributed by atoms with Gasteiger partial charge < -0.3 is 14.5 Å². The Morgan fingerprint density at radius 1 is 1.28 bits per heavy atom. The largest absolute Gasteiger partial charge is 0.463 e. The van der Waals surface area contributed by atoms with Gasteiger partial charge in [-0.3, -0.25) is 4.79 Å². The molecule has 7 nitrogen and oxygen atoms in total. The van der Waals surface area contributed by atoms with Crippen molar-refractivity contribution in [2.24, 2.45) is 5.92 Å². The number of para-hydroxylation sites is 1. The second kappa shape index (κ2) is 8.15. The van der Waals surface area contributed by atoms with E-state index in [0.29, 0.717) is 22.4 Å².